The largest absolute Gasteiger partial charge is 0.464 e. The molecular formula is C15H18FNO5. The minimum atomic E-state index is -1.56. The van der Waals surface area contributed by atoms with Gasteiger partial charge in [0.1, 0.15) is 5.82 Å². The fraction of sp³-hybridized carbons (Fsp3) is 0.400. The molecule has 0 saturated heterocycles. The summed E-state index contributed by atoms with van der Waals surface area (Å²) < 4.78 is 22.9. The summed E-state index contributed by atoms with van der Waals surface area (Å²) in [6, 6.07) is 4.19. The second-order valence-electron chi connectivity index (χ2n) is 4.27. The zero-order valence-electron chi connectivity index (χ0n) is 12.4. The highest BCUT2D eigenvalue weighted by molar-refractivity contribution is 6.02. The number of benzene rings is 1. The molecule has 1 N–H and O–H groups in total. The minimum Gasteiger partial charge on any atom is -0.464 e. The molecule has 0 saturated carbocycles. The Morgan fingerprint density at radius 2 is 1.64 bits per heavy atom. The van der Waals surface area contributed by atoms with Crippen LogP contribution in [0.5, 0.6) is 0 Å². The van der Waals surface area contributed by atoms with Crippen LogP contribution in [0.1, 0.15) is 19.4 Å². The van der Waals surface area contributed by atoms with E-state index in [2.05, 4.69) is 5.32 Å². The summed E-state index contributed by atoms with van der Waals surface area (Å²) in [4.78, 5) is 35.3. The van der Waals surface area contributed by atoms with Gasteiger partial charge in [0, 0.05) is 0 Å². The molecule has 0 heterocycles. The normalized spacial score (nSPS) is 10.2. The van der Waals surface area contributed by atoms with Crippen LogP contribution in [-0.4, -0.2) is 37.1 Å². The predicted molar refractivity (Wildman–Crippen MR) is 75.3 cm³/mol. The lowest BCUT2D eigenvalue weighted by atomic mass is 10.1. The number of hydrogen-bond acceptors (Lipinski definition) is 5. The zero-order valence-corrected chi connectivity index (χ0v) is 12.4. The second kappa shape index (κ2) is 8.76. The molecule has 1 aromatic carbocycles. The van der Waals surface area contributed by atoms with E-state index in [-0.39, 0.29) is 25.2 Å². The number of esters is 2. The van der Waals surface area contributed by atoms with Gasteiger partial charge in [-0.2, -0.15) is 0 Å². The molecule has 120 valence electrons. The number of nitrogens with one attached hydrogen (secondary N) is 1. The van der Waals surface area contributed by atoms with E-state index in [1.165, 1.54) is 18.2 Å². The number of amides is 1. The molecule has 0 aromatic heterocycles. The van der Waals surface area contributed by atoms with E-state index in [0.29, 0.717) is 0 Å². The molecule has 6 nitrogen and oxygen atoms in total. The Bertz CT molecular complexity index is 528. The molecule has 7 heteroatoms. The van der Waals surface area contributed by atoms with Crippen molar-refractivity contribution in [1.29, 1.82) is 0 Å². The van der Waals surface area contributed by atoms with Crippen molar-refractivity contribution < 1.29 is 28.2 Å². The maximum absolute atomic E-state index is 13.5. The van der Waals surface area contributed by atoms with E-state index >= 15 is 0 Å². The van der Waals surface area contributed by atoms with Gasteiger partial charge >= 0.3 is 11.9 Å². The van der Waals surface area contributed by atoms with Gasteiger partial charge in [-0.1, -0.05) is 18.2 Å². The Labute approximate surface area is 127 Å². The predicted octanol–water partition coefficient (Wildman–Crippen LogP) is 0.979. The van der Waals surface area contributed by atoms with Crippen LogP contribution >= 0.6 is 0 Å². The summed E-state index contributed by atoms with van der Waals surface area (Å²) in [7, 11) is 0. The molecular weight excluding hydrogens is 293 g/mol. The topological polar surface area (TPSA) is 81.7 Å². The Balaban J connectivity index is 2.76. The quantitative estimate of drug-likeness (QED) is 0.599. The number of ether oxygens (including phenoxy) is 2. The molecule has 1 amide bonds. The highest BCUT2D eigenvalue weighted by Crippen LogP contribution is 2.07. The van der Waals surface area contributed by atoms with Gasteiger partial charge in [0.25, 0.3) is 0 Å². The first-order chi connectivity index (χ1) is 10.5. The summed E-state index contributed by atoms with van der Waals surface area (Å²) in [5.41, 5.74) is 0.159. The SMILES string of the molecule is CCOC(=O)C(NC(=O)Cc1ccccc1F)C(=O)OCC. The third-order valence-corrected chi connectivity index (χ3v) is 2.66. The van der Waals surface area contributed by atoms with E-state index in [1.54, 1.807) is 19.9 Å². The van der Waals surface area contributed by atoms with E-state index in [0.717, 1.165) is 0 Å². The number of carbonyl (C=O) groups is 3. The van der Waals surface area contributed by atoms with Gasteiger partial charge in [-0.25, -0.2) is 14.0 Å². The number of hydrogen-bond donors (Lipinski definition) is 1. The fourth-order valence-corrected chi connectivity index (χ4v) is 1.69. The first-order valence-electron chi connectivity index (χ1n) is 6.85. The van der Waals surface area contributed by atoms with Gasteiger partial charge in [-0.3, -0.25) is 4.79 Å². The Morgan fingerprint density at radius 3 is 2.14 bits per heavy atom. The van der Waals surface area contributed by atoms with Gasteiger partial charge in [0.05, 0.1) is 19.6 Å². The van der Waals surface area contributed by atoms with Crippen molar-refractivity contribution in [3.8, 4) is 0 Å². The van der Waals surface area contributed by atoms with Crippen molar-refractivity contribution in [2.45, 2.75) is 26.3 Å². The van der Waals surface area contributed by atoms with Gasteiger partial charge in [0.2, 0.25) is 11.9 Å². The lowest BCUT2D eigenvalue weighted by Crippen LogP contribution is -2.48. The standard InChI is InChI=1S/C15H18FNO5/c1-3-21-14(19)13(15(20)22-4-2)17-12(18)9-10-7-5-6-8-11(10)16/h5-8,13H,3-4,9H2,1-2H3,(H,17,18). The van der Waals surface area contributed by atoms with Crippen LogP contribution in [0.15, 0.2) is 24.3 Å². The van der Waals surface area contributed by atoms with E-state index in [1.807, 2.05) is 0 Å². The van der Waals surface area contributed by atoms with Crippen LogP contribution in [0.25, 0.3) is 0 Å². The third kappa shape index (κ3) is 5.16. The molecule has 22 heavy (non-hydrogen) atoms. The second-order valence-corrected chi connectivity index (χ2v) is 4.27. The van der Waals surface area contributed by atoms with Gasteiger partial charge in [-0.05, 0) is 25.5 Å². The lowest BCUT2D eigenvalue weighted by Gasteiger charge is -2.16. The monoisotopic (exact) mass is 311 g/mol. The van der Waals surface area contributed by atoms with Crippen LogP contribution in [0.4, 0.5) is 4.39 Å². The van der Waals surface area contributed by atoms with Crippen molar-refractivity contribution in [3.63, 3.8) is 0 Å². The van der Waals surface area contributed by atoms with Gasteiger partial charge in [0.15, 0.2) is 0 Å². The summed E-state index contributed by atoms with van der Waals surface area (Å²) in [5, 5.41) is 2.21. The molecule has 1 rings (SSSR count). The van der Waals surface area contributed by atoms with Crippen LogP contribution in [0, 0.1) is 5.82 Å². The van der Waals surface area contributed by atoms with Crippen molar-refractivity contribution in [2.24, 2.45) is 0 Å². The Morgan fingerprint density at radius 1 is 1.09 bits per heavy atom. The number of rotatable bonds is 7. The van der Waals surface area contributed by atoms with Crippen molar-refractivity contribution in [3.05, 3.63) is 35.6 Å². The maximum Gasteiger partial charge on any atom is 0.340 e. The van der Waals surface area contributed by atoms with Crippen LogP contribution in [0.3, 0.4) is 0 Å². The average molecular weight is 311 g/mol. The molecule has 0 atom stereocenters. The number of halogens is 1. The highest BCUT2D eigenvalue weighted by Gasteiger charge is 2.31. The first-order valence-corrected chi connectivity index (χ1v) is 6.85. The molecule has 0 aliphatic heterocycles. The highest BCUT2D eigenvalue weighted by atomic mass is 19.1. The number of carbonyl (C=O) groups excluding carboxylic acids is 3. The average Bonchev–Trinajstić information content (AvgIpc) is 2.47. The fourth-order valence-electron chi connectivity index (χ4n) is 1.69. The van der Waals surface area contributed by atoms with E-state index < -0.39 is 29.7 Å². The zero-order chi connectivity index (χ0) is 16.5. The molecule has 0 unspecified atom stereocenters. The van der Waals surface area contributed by atoms with E-state index in [4.69, 9.17) is 9.47 Å². The van der Waals surface area contributed by atoms with Gasteiger partial charge < -0.3 is 14.8 Å². The first kappa shape index (κ1) is 17.6. The maximum atomic E-state index is 13.5. The lowest BCUT2D eigenvalue weighted by molar-refractivity contribution is -0.159. The Kier molecular flexibility index (Phi) is 7.01. The molecule has 0 aliphatic carbocycles. The molecule has 0 bridgehead atoms. The third-order valence-electron chi connectivity index (χ3n) is 2.66. The molecule has 0 fully saturated rings. The van der Waals surface area contributed by atoms with Crippen molar-refractivity contribution in [2.75, 3.05) is 13.2 Å². The smallest absolute Gasteiger partial charge is 0.340 e. The van der Waals surface area contributed by atoms with Crippen LogP contribution in [-0.2, 0) is 30.3 Å². The summed E-state index contributed by atoms with van der Waals surface area (Å²) in [6.45, 7) is 3.25. The molecule has 0 spiro atoms. The molecule has 1 aromatic rings. The minimum absolute atomic E-state index is 0.0535. The summed E-state index contributed by atoms with van der Waals surface area (Å²) >= 11 is 0. The van der Waals surface area contributed by atoms with Gasteiger partial charge in [-0.15, -0.1) is 0 Å². The molecule has 0 radical (unpaired) electrons. The molecule has 0 aliphatic rings. The summed E-state index contributed by atoms with van der Waals surface area (Å²) in [6.07, 6.45) is -0.304. The van der Waals surface area contributed by atoms with Crippen LogP contribution < -0.4 is 5.32 Å². The van der Waals surface area contributed by atoms with Crippen LogP contribution in [0.2, 0.25) is 0 Å². The van der Waals surface area contributed by atoms with Crippen molar-refractivity contribution >= 4 is 17.8 Å². The van der Waals surface area contributed by atoms with E-state index in [9.17, 15) is 18.8 Å². The Hall–Kier alpha value is -2.44. The summed E-state index contributed by atoms with van der Waals surface area (Å²) in [5.74, 6) is -3.05. The van der Waals surface area contributed by atoms with Crippen molar-refractivity contribution in [1.82, 2.24) is 5.32 Å².